The number of methoxy groups -OCH3 is 1. The number of pyridine rings is 1. The van der Waals surface area contributed by atoms with E-state index in [2.05, 4.69) is 28.2 Å². The highest BCUT2D eigenvalue weighted by molar-refractivity contribution is 7.80. The van der Waals surface area contributed by atoms with Crippen molar-refractivity contribution in [1.29, 1.82) is 0 Å². The third-order valence-corrected chi connectivity index (χ3v) is 6.42. The van der Waals surface area contributed by atoms with Crippen LogP contribution in [0.15, 0.2) is 48.7 Å². The number of hydrogen-bond acceptors (Lipinski definition) is 5. The molecule has 0 saturated carbocycles. The minimum absolute atomic E-state index is 0.00513. The van der Waals surface area contributed by atoms with Gasteiger partial charge in [-0.3, -0.25) is 15.1 Å². The fraction of sp³-hybridized carbons (Fsp3) is 0.333. The van der Waals surface area contributed by atoms with Gasteiger partial charge in [-0.15, -0.1) is 0 Å². The van der Waals surface area contributed by atoms with Gasteiger partial charge in [0.2, 0.25) is 0 Å². The highest BCUT2D eigenvalue weighted by Gasteiger charge is 2.41. The molecule has 0 bridgehead atoms. The molecule has 1 aliphatic rings. The van der Waals surface area contributed by atoms with Crippen molar-refractivity contribution in [3.8, 4) is 11.4 Å². The maximum Gasteiger partial charge on any atom is 0.296 e. The van der Waals surface area contributed by atoms with Crippen molar-refractivity contribution in [2.45, 2.75) is 39.3 Å². The van der Waals surface area contributed by atoms with Gasteiger partial charge >= 0.3 is 0 Å². The van der Waals surface area contributed by atoms with E-state index >= 15 is 0 Å². The van der Waals surface area contributed by atoms with E-state index < -0.39 is 0 Å². The Morgan fingerprint density at radius 2 is 2.03 bits per heavy atom. The summed E-state index contributed by atoms with van der Waals surface area (Å²) in [7, 11) is 1.50. The predicted molar refractivity (Wildman–Crippen MR) is 131 cm³/mol. The number of thiocarbonyl (C=S) groups is 1. The third-order valence-electron chi connectivity index (χ3n) is 6.07. The van der Waals surface area contributed by atoms with Gasteiger partial charge in [0.05, 0.1) is 35.9 Å². The van der Waals surface area contributed by atoms with E-state index in [4.69, 9.17) is 17.0 Å². The Kier molecular flexibility index (Phi) is 6.33. The average molecular weight is 466 g/mol. The number of nitro groups is 1. The lowest BCUT2D eigenvalue weighted by Gasteiger charge is -2.27. The first-order chi connectivity index (χ1) is 15.9. The Morgan fingerprint density at radius 3 is 2.67 bits per heavy atom. The molecule has 1 saturated heterocycles. The van der Waals surface area contributed by atoms with E-state index in [9.17, 15) is 10.1 Å². The van der Waals surface area contributed by atoms with E-state index in [0.717, 1.165) is 35.6 Å². The van der Waals surface area contributed by atoms with E-state index in [1.165, 1.54) is 13.2 Å². The number of ether oxygens (including phenoxy) is 1. The van der Waals surface area contributed by atoms with Crippen LogP contribution < -0.4 is 10.1 Å². The summed E-state index contributed by atoms with van der Waals surface area (Å²) in [5.74, 6) is 0.447. The van der Waals surface area contributed by atoms with Crippen molar-refractivity contribution in [3.05, 3.63) is 81.4 Å². The first kappa shape index (κ1) is 22.7. The summed E-state index contributed by atoms with van der Waals surface area (Å²) < 4.78 is 7.15. The minimum Gasteiger partial charge on any atom is -0.496 e. The van der Waals surface area contributed by atoms with Crippen LogP contribution in [0.25, 0.3) is 5.69 Å². The third kappa shape index (κ3) is 4.04. The maximum atomic E-state index is 11.9. The molecule has 4 rings (SSSR count). The molecule has 1 N–H and O–H groups in total. The Hall–Kier alpha value is -3.46. The van der Waals surface area contributed by atoms with Crippen molar-refractivity contribution in [2.75, 3.05) is 13.7 Å². The second kappa shape index (κ2) is 9.19. The molecule has 0 unspecified atom stereocenters. The fourth-order valence-corrected chi connectivity index (χ4v) is 4.98. The molecule has 1 aromatic carbocycles. The average Bonchev–Trinajstić information content (AvgIpc) is 3.29. The molecule has 1 fully saturated rings. The smallest absolute Gasteiger partial charge is 0.296 e. The molecule has 8 nitrogen and oxygen atoms in total. The van der Waals surface area contributed by atoms with Gasteiger partial charge in [-0.2, -0.15) is 0 Å². The van der Waals surface area contributed by atoms with Gasteiger partial charge in [-0.25, -0.2) is 0 Å². The number of hydrogen-bond donors (Lipinski definition) is 1. The lowest BCUT2D eigenvalue weighted by molar-refractivity contribution is -0.384. The van der Waals surface area contributed by atoms with Gasteiger partial charge in [-0.1, -0.05) is 13.0 Å². The normalized spacial score (nSPS) is 17.8. The second-order valence-corrected chi connectivity index (χ2v) is 8.48. The standard InChI is InChI=1S/C24H27N5O3S/c1-5-12-27-23(22(26-24(27)33)19-8-6-7-11-25-19)18-13-15(2)28(16(18)3)20-10-9-17(32-4)14-21(20)29(30)31/h6-11,13-14,22-23H,5,12H2,1-4H3,(H,26,33)/t22-,23+/m1/s1. The zero-order chi connectivity index (χ0) is 23.7. The van der Waals surface area contributed by atoms with Gasteiger partial charge in [-0.05, 0) is 68.4 Å². The van der Waals surface area contributed by atoms with E-state index in [-0.39, 0.29) is 22.7 Å². The van der Waals surface area contributed by atoms with Gasteiger partial charge in [0.25, 0.3) is 5.69 Å². The zero-order valence-corrected chi connectivity index (χ0v) is 19.9. The first-order valence-corrected chi connectivity index (χ1v) is 11.3. The van der Waals surface area contributed by atoms with Crippen LogP contribution in [0.2, 0.25) is 0 Å². The van der Waals surface area contributed by atoms with Crippen LogP contribution >= 0.6 is 12.2 Å². The van der Waals surface area contributed by atoms with E-state index in [1.807, 2.05) is 36.6 Å². The molecule has 1 aliphatic heterocycles. The van der Waals surface area contributed by atoms with Gasteiger partial charge in [0, 0.05) is 24.1 Å². The summed E-state index contributed by atoms with van der Waals surface area (Å²) in [6, 6.07) is 12.7. The van der Waals surface area contributed by atoms with Crippen LogP contribution in [0.3, 0.4) is 0 Å². The molecular formula is C24H27N5O3S. The van der Waals surface area contributed by atoms with Crippen molar-refractivity contribution in [1.82, 2.24) is 19.8 Å². The number of nitrogens with zero attached hydrogens (tertiary/aromatic N) is 4. The second-order valence-electron chi connectivity index (χ2n) is 8.09. The Balaban J connectivity index is 1.87. The quantitative estimate of drug-likeness (QED) is 0.305. The maximum absolute atomic E-state index is 11.9. The van der Waals surface area contributed by atoms with Crippen LogP contribution in [0.1, 0.15) is 48.1 Å². The summed E-state index contributed by atoms with van der Waals surface area (Å²) in [6.07, 6.45) is 2.72. The molecule has 0 spiro atoms. The molecule has 3 heterocycles. The van der Waals surface area contributed by atoms with Crippen molar-refractivity contribution in [3.63, 3.8) is 0 Å². The summed E-state index contributed by atoms with van der Waals surface area (Å²) in [5.41, 5.74) is 4.31. The summed E-state index contributed by atoms with van der Waals surface area (Å²) >= 11 is 5.70. The lowest BCUT2D eigenvalue weighted by atomic mass is 9.96. The first-order valence-electron chi connectivity index (χ1n) is 10.9. The molecule has 33 heavy (non-hydrogen) atoms. The number of nitro benzene ring substituents is 1. The number of benzene rings is 1. The van der Waals surface area contributed by atoms with Gasteiger partial charge < -0.3 is 19.5 Å². The molecule has 3 aromatic rings. The number of nitrogens with one attached hydrogen (secondary N) is 1. The highest BCUT2D eigenvalue weighted by Crippen LogP contribution is 2.42. The Bertz CT molecular complexity index is 1190. The number of aryl methyl sites for hydroxylation is 1. The largest absolute Gasteiger partial charge is 0.496 e. The summed E-state index contributed by atoms with van der Waals surface area (Å²) in [6.45, 7) is 6.88. The van der Waals surface area contributed by atoms with Crippen LogP contribution in [0, 0.1) is 24.0 Å². The van der Waals surface area contributed by atoms with Gasteiger partial charge in [0.15, 0.2) is 5.11 Å². The van der Waals surface area contributed by atoms with Crippen molar-refractivity contribution in [2.24, 2.45) is 0 Å². The molecule has 2 atom stereocenters. The molecular weight excluding hydrogens is 438 g/mol. The lowest BCUT2D eigenvalue weighted by Crippen LogP contribution is -2.30. The summed E-state index contributed by atoms with van der Waals surface area (Å²) in [4.78, 5) is 18.3. The Labute approximate surface area is 198 Å². The number of rotatable bonds is 7. The molecule has 0 amide bonds. The SMILES string of the molecule is CCCN1C(=S)N[C@H](c2ccccn2)[C@@H]1c1cc(C)n(-c2ccc(OC)cc2[N+](=O)[O-])c1C. The molecule has 0 aliphatic carbocycles. The molecule has 9 heteroatoms. The summed E-state index contributed by atoms with van der Waals surface area (Å²) in [5, 5.41) is 16.0. The molecule has 0 radical (unpaired) electrons. The van der Waals surface area contributed by atoms with Gasteiger partial charge in [0.1, 0.15) is 11.4 Å². The minimum atomic E-state index is -0.372. The van der Waals surface area contributed by atoms with E-state index in [1.54, 1.807) is 18.3 Å². The topological polar surface area (TPSA) is 85.5 Å². The Morgan fingerprint density at radius 1 is 1.24 bits per heavy atom. The number of aromatic nitrogens is 2. The fourth-order valence-electron chi connectivity index (χ4n) is 4.65. The monoisotopic (exact) mass is 465 g/mol. The van der Waals surface area contributed by atoms with Crippen LogP contribution in [0.5, 0.6) is 5.75 Å². The zero-order valence-electron chi connectivity index (χ0n) is 19.1. The molecule has 172 valence electrons. The van der Waals surface area contributed by atoms with Crippen LogP contribution in [-0.4, -0.2) is 38.1 Å². The van der Waals surface area contributed by atoms with Crippen LogP contribution in [0.4, 0.5) is 5.69 Å². The van der Waals surface area contributed by atoms with E-state index in [0.29, 0.717) is 16.5 Å². The highest BCUT2D eigenvalue weighted by atomic mass is 32.1. The predicted octanol–water partition coefficient (Wildman–Crippen LogP) is 4.79. The van der Waals surface area contributed by atoms with Crippen molar-refractivity contribution < 1.29 is 9.66 Å². The molecule has 2 aromatic heterocycles. The van der Waals surface area contributed by atoms with Crippen LogP contribution in [-0.2, 0) is 0 Å². The van der Waals surface area contributed by atoms with Crippen molar-refractivity contribution >= 4 is 23.0 Å².